The fourth-order valence-corrected chi connectivity index (χ4v) is 3.09. The first-order valence-corrected chi connectivity index (χ1v) is 8.56. The lowest BCUT2D eigenvalue weighted by molar-refractivity contribution is 0.0939. The van der Waals surface area contributed by atoms with Gasteiger partial charge in [0.2, 0.25) is 0 Å². The molecule has 0 bridgehead atoms. The number of rotatable bonds is 5. The van der Waals surface area contributed by atoms with Crippen LogP contribution in [0.25, 0.3) is 0 Å². The van der Waals surface area contributed by atoms with Crippen molar-refractivity contribution in [2.45, 2.75) is 26.4 Å². The Kier molecular flexibility index (Phi) is 5.19. The van der Waals surface area contributed by atoms with Gasteiger partial charge in [0.1, 0.15) is 5.15 Å². The molecule has 4 nitrogen and oxygen atoms in total. The van der Waals surface area contributed by atoms with Crippen LogP contribution < -0.4 is 5.32 Å². The molecule has 2 aromatic carbocycles. The fourth-order valence-electron chi connectivity index (χ4n) is 2.77. The van der Waals surface area contributed by atoms with Crippen molar-refractivity contribution >= 4 is 17.5 Å². The predicted octanol–water partition coefficient (Wildman–Crippen LogP) is 4.38. The summed E-state index contributed by atoms with van der Waals surface area (Å²) < 4.78 is 1.66. The molecule has 0 aliphatic heterocycles. The van der Waals surface area contributed by atoms with Crippen LogP contribution in [-0.2, 0) is 6.54 Å². The zero-order valence-corrected chi connectivity index (χ0v) is 15.0. The fraction of sp³-hybridized carbons (Fsp3) is 0.200. The van der Waals surface area contributed by atoms with Crippen molar-refractivity contribution in [3.05, 3.63) is 88.2 Å². The molecule has 1 atom stereocenters. The number of nitrogens with zero attached hydrogens (tertiary/aromatic N) is 2. The Morgan fingerprint density at radius 3 is 2.36 bits per heavy atom. The van der Waals surface area contributed by atoms with E-state index in [1.165, 1.54) is 0 Å². The summed E-state index contributed by atoms with van der Waals surface area (Å²) in [4.78, 5) is 12.7. The van der Waals surface area contributed by atoms with Crippen LogP contribution in [0.1, 0.15) is 40.1 Å². The third-order valence-corrected chi connectivity index (χ3v) is 4.50. The van der Waals surface area contributed by atoms with Crippen LogP contribution in [0.5, 0.6) is 0 Å². The topological polar surface area (TPSA) is 46.9 Å². The van der Waals surface area contributed by atoms with Gasteiger partial charge in [-0.05, 0) is 25.0 Å². The SMILES string of the molecule is Cc1nn(Cc2ccccc2)c(Cl)c1C(=O)N[C@@H](C)c1ccccc1. The number of hydrogen-bond donors (Lipinski definition) is 1. The smallest absolute Gasteiger partial charge is 0.256 e. The number of nitrogens with one attached hydrogen (secondary N) is 1. The molecule has 3 rings (SSSR count). The second-order valence-corrected chi connectivity index (χ2v) is 6.36. The molecule has 0 aliphatic carbocycles. The average molecular weight is 354 g/mol. The Morgan fingerprint density at radius 1 is 1.12 bits per heavy atom. The molecule has 0 aliphatic rings. The summed E-state index contributed by atoms with van der Waals surface area (Å²) in [5, 5.41) is 7.79. The molecule has 0 radical (unpaired) electrons. The molecule has 128 valence electrons. The van der Waals surface area contributed by atoms with Crippen molar-refractivity contribution in [1.82, 2.24) is 15.1 Å². The van der Waals surface area contributed by atoms with E-state index in [0.29, 0.717) is 23.0 Å². The minimum Gasteiger partial charge on any atom is -0.345 e. The van der Waals surface area contributed by atoms with Crippen LogP contribution >= 0.6 is 11.6 Å². The first-order chi connectivity index (χ1) is 12.1. The number of aromatic nitrogens is 2. The zero-order valence-electron chi connectivity index (χ0n) is 14.2. The van der Waals surface area contributed by atoms with Crippen LogP contribution in [0.3, 0.4) is 0 Å². The normalized spacial score (nSPS) is 12.0. The second kappa shape index (κ2) is 7.53. The van der Waals surface area contributed by atoms with Gasteiger partial charge in [0, 0.05) is 0 Å². The van der Waals surface area contributed by atoms with Crippen molar-refractivity contribution in [3.8, 4) is 0 Å². The number of amides is 1. The van der Waals surface area contributed by atoms with Gasteiger partial charge in [-0.1, -0.05) is 72.3 Å². The molecule has 1 amide bonds. The van der Waals surface area contributed by atoms with E-state index in [1.54, 1.807) is 11.6 Å². The Morgan fingerprint density at radius 2 is 1.72 bits per heavy atom. The number of benzene rings is 2. The van der Waals surface area contributed by atoms with E-state index in [2.05, 4.69) is 10.4 Å². The minimum absolute atomic E-state index is 0.110. The second-order valence-electron chi connectivity index (χ2n) is 6.00. The van der Waals surface area contributed by atoms with E-state index >= 15 is 0 Å². The maximum atomic E-state index is 12.7. The highest BCUT2D eigenvalue weighted by Gasteiger charge is 2.22. The van der Waals surface area contributed by atoms with E-state index < -0.39 is 0 Å². The molecule has 0 saturated heterocycles. The van der Waals surface area contributed by atoms with Gasteiger partial charge in [-0.3, -0.25) is 4.79 Å². The first kappa shape index (κ1) is 17.2. The third kappa shape index (κ3) is 3.91. The zero-order chi connectivity index (χ0) is 17.8. The highest BCUT2D eigenvalue weighted by Crippen LogP contribution is 2.22. The molecule has 1 aromatic heterocycles. The van der Waals surface area contributed by atoms with E-state index in [-0.39, 0.29) is 11.9 Å². The number of aryl methyl sites for hydroxylation is 1. The van der Waals surface area contributed by atoms with Crippen molar-refractivity contribution < 1.29 is 4.79 Å². The molecular weight excluding hydrogens is 334 g/mol. The van der Waals surface area contributed by atoms with Crippen LogP contribution in [0, 0.1) is 6.92 Å². The van der Waals surface area contributed by atoms with Crippen molar-refractivity contribution in [3.63, 3.8) is 0 Å². The van der Waals surface area contributed by atoms with Gasteiger partial charge in [-0.2, -0.15) is 5.10 Å². The molecule has 0 spiro atoms. The maximum Gasteiger partial charge on any atom is 0.256 e. The molecule has 0 unspecified atom stereocenters. The number of hydrogen-bond acceptors (Lipinski definition) is 2. The van der Waals surface area contributed by atoms with Crippen LogP contribution in [-0.4, -0.2) is 15.7 Å². The molecule has 5 heteroatoms. The van der Waals surface area contributed by atoms with E-state index in [0.717, 1.165) is 11.1 Å². The van der Waals surface area contributed by atoms with Crippen LogP contribution in [0.15, 0.2) is 60.7 Å². The van der Waals surface area contributed by atoms with Crippen molar-refractivity contribution in [2.24, 2.45) is 0 Å². The van der Waals surface area contributed by atoms with Crippen LogP contribution in [0.2, 0.25) is 5.15 Å². The summed E-state index contributed by atoms with van der Waals surface area (Å²) in [6, 6.07) is 19.6. The Hall–Kier alpha value is -2.59. The van der Waals surface area contributed by atoms with E-state index in [1.807, 2.05) is 67.6 Å². The van der Waals surface area contributed by atoms with Gasteiger partial charge in [-0.15, -0.1) is 0 Å². The van der Waals surface area contributed by atoms with Gasteiger partial charge in [0.05, 0.1) is 23.8 Å². The molecule has 0 fully saturated rings. The van der Waals surface area contributed by atoms with Gasteiger partial charge in [0.15, 0.2) is 0 Å². The highest BCUT2D eigenvalue weighted by molar-refractivity contribution is 6.33. The summed E-state index contributed by atoms with van der Waals surface area (Å²) in [5.74, 6) is -0.210. The quantitative estimate of drug-likeness (QED) is 0.739. The summed E-state index contributed by atoms with van der Waals surface area (Å²) in [6.45, 7) is 4.28. The molecule has 3 aromatic rings. The maximum absolute atomic E-state index is 12.7. The lowest BCUT2D eigenvalue weighted by atomic mass is 10.1. The largest absolute Gasteiger partial charge is 0.345 e. The summed E-state index contributed by atoms with van der Waals surface area (Å²) >= 11 is 6.44. The molecular formula is C20H20ClN3O. The van der Waals surface area contributed by atoms with Crippen molar-refractivity contribution in [2.75, 3.05) is 0 Å². The van der Waals surface area contributed by atoms with Crippen LogP contribution in [0.4, 0.5) is 0 Å². The average Bonchev–Trinajstić information content (AvgIpc) is 2.90. The van der Waals surface area contributed by atoms with Gasteiger partial charge in [-0.25, -0.2) is 4.68 Å². The van der Waals surface area contributed by atoms with Gasteiger partial charge < -0.3 is 5.32 Å². The standard InChI is InChI=1S/C20H20ClN3O/c1-14(17-11-7-4-8-12-17)22-20(25)18-15(2)23-24(19(18)21)13-16-9-5-3-6-10-16/h3-12,14H,13H2,1-2H3,(H,22,25)/t14-/m0/s1. The molecule has 25 heavy (non-hydrogen) atoms. The number of carbonyl (C=O) groups excluding carboxylic acids is 1. The minimum atomic E-state index is -0.210. The Balaban J connectivity index is 1.79. The summed E-state index contributed by atoms with van der Waals surface area (Å²) in [7, 11) is 0. The summed E-state index contributed by atoms with van der Waals surface area (Å²) in [6.07, 6.45) is 0. The lowest BCUT2D eigenvalue weighted by Gasteiger charge is -2.14. The van der Waals surface area contributed by atoms with E-state index in [9.17, 15) is 4.79 Å². The Bertz CT molecular complexity index is 859. The lowest BCUT2D eigenvalue weighted by Crippen LogP contribution is -2.27. The molecule has 1 heterocycles. The monoisotopic (exact) mass is 353 g/mol. The van der Waals surface area contributed by atoms with Gasteiger partial charge in [0.25, 0.3) is 5.91 Å². The van der Waals surface area contributed by atoms with Crippen molar-refractivity contribution in [1.29, 1.82) is 0 Å². The van der Waals surface area contributed by atoms with E-state index in [4.69, 9.17) is 11.6 Å². The Labute approximate surface area is 152 Å². The number of halogens is 1. The molecule has 0 saturated carbocycles. The first-order valence-electron chi connectivity index (χ1n) is 8.19. The molecule has 1 N–H and O–H groups in total. The summed E-state index contributed by atoms with van der Waals surface area (Å²) in [5.41, 5.74) is 3.18. The predicted molar refractivity (Wildman–Crippen MR) is 99.8 cm³/mol. The number of carbonyl (C=O) groups is 1. The highest BCUT2D eigenvalue weighted by atomic mass is 35.5. The van der Waals surface area contributed by atoms with Gasteiger partial charge >= 0.3 is 0 Å². The third-order valence-electron chi connectivity index (χ3n) is 4.11.